The summed E-state index contributed by atoms with van der Waals surface area (Å²) in [7, 11) is 0. The quantitative estimate of drug-likeness (QED) is 0.508. The molecular weight excluding hydrogens is 370 g/mol. The summed E-state index contributed by atoms with van der Waals surface area (Å²) in [6.07, 6.45) is 2.00. The molecule has 0 spiro atoms. The van der Waals surface area contributed by atoms with Crippen LogP contribution >= 0.6 is 23.3 Å². The van der Waals surface area contributed by atoms with E-state index in [-0.39, 0.29) is 5.56 Å². The maximum Gasteiger partial charge on any atom is 0.280 e. The van der Waals surface area contributed by atoms with E-state index in [1.807, 2.05) is 18.4 Å². The topological polar surface area (TPSA) is 104 Å². The van der Waals surface area contributed by atoms with Crippen molar-refractivity contribution in [3.05, 3.63) is 68.8 Å². The molecule has 26 heavy (non-hydrogen) atoms. The summed E-state index contributed by atoms with van der Waals surface area (Å²) in [5.74, 6) is 2.12. The molecule has 0 saturated carbocycles. The Labute approximate surface area is 159 Å². The SMILES string of the molecule is Cc1ccc(C(O)c2c[nH]c(NCCSCc3ccsn3)nc2=O)cn1. The third-order valence-electron chi connectivity index (χ3n) is 3.65. The van der Waals surface area contributed by atoms with Crippen LogP contribution in [-0.4, -0.2) is 36.7 Å². The number of aliphatic hydroxyl groups excluding tert-OH is 1. The van der Waals surface area contributed by atoms with Gasteiger partial charge in [0.25, 0.3) is 5.56 Å². The van der Waals surface area contributed by atoms with Gasteiger partial charge < -0.3 is 15.4 Å². The van der Waals surface area contributed by atoms with Crippen molar-refractivity contribution in [3.8, 4) is 0 Å². The van der Waals surface area contributed by atoms with Gasteiger partial charge in [-0.15, -0.1) is 0 Å². The Bertz CT molecular complexity index is 881. The average Bonchev–Trinajstić information content (AvgIpc) is 3.15. The van der Waals surface area contributed by atoms with Crippen molar-refractivity contribution in [1.29, 1.82) is 0 Å². The van der Waals surface area contributed by atoms with Crippen molar-refractivity contribution in [2.24, 2.45) is 0 Å². The largest absolute Gasteiger partial charge is 0.383 e. The second-order valence-corrected chi connectivity index (χ2v) is 7.39. The molecule has 1 atom stereocenters. The number of hydrogen-bond acceptors (Lipinski definition) is 8. The highest BCUT2D eigenvalue weighted by atomic mass is 32.2. The number of anilines is 1. The Morgan fingerprint density at radius 2 is 2.27 bits per heavy atom. The summed E-state index contributed by atoms with van der Waals surface area (Å²) in [5.41, 5.74) is 2.21. The molecule has 136 valence electrons. The number of nitrogens with zero attached hydrogens (tertiary/aromatic N) is 3. The fourth-order valence-corrected chi connectivity index (χ4v) is 3.63. The zero-order chi connectivity index (χ0) is 18.4. The fraction of sp³-hybridized carbons (Fsp3) is 0.294. The number of hydrogen-bond donors (Lipinski definition) is 3. The van der Waals surface area contributed by atoms with Crippen LogP contribution in [0, 0.1) is 6.92 Å². The highest BCUT2D eigenvalue weighted by Crippen LogP contribution is 2.18. The number of aliphatic hydroxyl groups is 1. The number of pyridine rings is 1. The van der Waals surface area contributed by atoms with Crippen LogP contribution in [0.5, 0.6) is 0 Å². The minimum atomic E-state index is -1.05. The maximum absolute atomic E-state index is 12.2. The molecule has 3 aromatic heterocycles. The summed E-state index contributed by atoms with van der Waals surface area (Å²) in [6, 6.07) is 5.55. The Hall–Kier alpha value is -2.23. The van der Waals surface area contributed by atoms with Gasteiger partial charge in [-0.05, 0) is 30.6 Å². The van der Waals surface area contributed by atoms with Gasteiger partial charge in [0, 0.05) is 47.1 Å². The first-order valence-corrected chi connectivity index (χ1v) is 10.0. The molecule has 0 saturated heterocycles. The molecular formula is C17H19N5O2S2. The van der Waals surface area contributed by atoms with E-state index in [9.17, 15) is 9.90 Å². The minimum absolute atomic E-state index is 0.194. The maximum atomic E-state index is 12.2. The summed E-state index contributed by atoms with van der Waals surface area (Å²) >= 11 is 3.21. The smallest absolute Gasteiger partial charge is 0.280 e. The number of H-pyrrole nitrogens is 1. The second-order valence-electron chi connectivity index (χ2n) is 5.62. The van der Waals surface area contributed by atoms with Crippen molar-refractivity contribution in [1.82, 2.24) is 19.3 Å². The average molecular weight is 390 g/mol. The lowest BCUT2D eigenvalue weighted by molar-refractivity contribution is 0.217. The fourth-order valence-electron chi connectivity index (χ4n) is 2.24. The number of aromatic amines is 1. The van der Waals surface area contributed by atoms with Crippen molar-refractivity contribution >= 4 is 29.2 Å². The molecule has 3 aromatic rings. The molecule has 0 aliphatic rings. The van der Waals surface area contributed by atoms with E-state index in [2.05, 4.69) is 24.6 Å². The van der Waals surface area contributed by atoms with Gasteiger partial charge in [0.05, 0.1) is 11.3 Å². The van der Waals surface area contributed by atoms with Crippen molar-refractivity contribution in [3.63, 3.8) is 0 Å². The normalized spacial score (nSPS) is 12.1. The van der Waals surface area contributed by atoms with Crippen molar-refractivity contribution < 1.29 is 5.11 Å². The zero-order valence-corrected chi connectivity index (χ0v) is 15.8. The van der Waals surface area contributed by atoms with E-state index >= 15 is 0 Å². The molecule has 0 fully saturated rings. The zero-order valence-electron chi connectivity index (χ0n) is 14.2. The molecule has 0 radical (unpaired) electrons. The van der Waals surface area contributed by atoms with E-state index in [4.69, 9.17) is 0 Å². The number of nitrogens with one attached hydrogen (secondary N) is 2. The van der Waals surface area contributed by atoms with Crippen LogP contribution in [-0.2, 0) is 5.75 Å². The molecule has 0 bridgehead atoms. The second kappa shape index (κ2) is 8.93. The number of aryl methyl sites for hydroxylation is 1. The molecule has 7 nitrogen and oxygen atoms in total. The van der Waals surface area contributed by atoms with E-state index in [0.29, 0.717) is 18.1 Å². The van der Waals surface area contributed by atoms with Crippen LogP contribution in [0.15, 0.2) is 40.8 Å². The molecule has 3 heterocycles. The third-order valence-corrected chi connectivity index (χ3v) is 5.24. The summed E-state index contributed by atoms with van der Waals surface area (Å²) in [5, 5.41) is 15.4. The van der Waals surface area contributed by atoms with Crippen LogP contribution in [0.3, 0.4) is 0 Å². The third kappa shape index (κ3) is 4.90. The van der Waals surface area contributed by atoms with Gasteiger partial charge in [-0.25, -0.2) is 0 Å². The highest BCUT2D eigenvalue weighted by Gasteiger charge is 2.15. The summed E-state index contributed by atoms with van der Waals surface area (Å²) < 4.78 is 4.25. The lowest BCUT2D eigenvalue weighted by Gasteiger charge is -2.11. The van der Waals surface area contributed by atoms with Crippen LogP contribution in [0.25, 0.3) is 0 Å². The van der Waals surface area contributed by atoms with Crippen LogP contribution in [0.2, 0.25) is 0 Å². The van der Waals surface area contributed by atoms with Gasteiger partial charge in [0.15, 0.2) is 0 Å². The van der Waals surface area contributed by atoms with Crippen molar-refractivity contribution in [2.45, 2.75) is 18.8 Å². The summed E-state index contributed by atoms with van der Waals surface area (Å²) in [4.78, 5) is 23.2. The first-order chi connectivity index (χ1) is 12.6. The number of rotatable bonds is 8. The monoisotopic (exact) mass is 389 g/mol. The van der Waals surface area contributed by atoms with Gasteiger partial charge in [0.2, 0.25) is 5.95 Å². The number of thioether (sulfide) groups is 1. The standard InChI is InChI=1S/C17H19N5O2S2/c1-11-2-3-12(8-19-11)15(23)14-9-20-17(21-16(14)24)18-5-7-25-10-13-4-6-26-22-13/h2-4,6,8-9,15,23H,5,7,10H2,1H3,(H2,18,20,21,24). The molecule has 0 amide bonds. The van der Waals surface area contributed by atoms with Gasteiger partial charge >= 0.3 is 0 Å². The van der Waals surface area contributed by atoms with E-state index in [1.54, 1.807) is 30.1 Å². The highest BCUT2D eigenvalue weighted by molar-refractivity contribution is 7.98. The molecule has 1 unspecified atom stereocenters. The number of aromatic nitrogens is 4. The molecule has 0 aromatic carbocycles. The molecule has 0 aliphatic heterocycles. The van der Waals surface area contributed by atoms with Crippen molar-refractivity contribution in [2.75, 3.05) is 17.6 Å². The minimum Gasteiger partial charge on any atom is -0.383 e. The van der Waals surface area contributed by atoms with Gasteiger partial charge in [0.1, 0.15) is 6.10 Å². The molecule has 0 aliphatic carbocycles. The first kappa shape index (κ1) is 18.6. The predicted molar refractivity (Wildman–Crippen MR) is 105 cm³/mol. The van der Waals surface area contributed by atoms with Gasteiger partial charge in [-0.3, -0.25) is 9.78 Å². The van der Waals surface area contributed by atoms with E-state index < -0.39 is 11.7 Å². The van der Waals surface area contributed by atoms with Gasteiger partial charge in [-0.1, -0.05) is 6.07 Å². The first-order valence-electron chi connectivity index (χ1n) is 8.04. The van der Waals surface area contributed by atoms with Crippen LogP contribution < -0.4 is 10.9 Å². The van der Waals surface area contributed by atoms with Crippen LogP contribution in [0.1, 0.15) is 28.6 Å². The van der Waals surface area contributed by atoms with Gasteiger partial charge in [-0.2, -0.15) is 21.1 Å². The predicted octanol–water partition coefficient (Wildman–Crippen LogP) is 2.36. The van der Waals surface area contributed by atoms with Crippen LogP contribution in [0.4, 0.5) is 5.95 Å². The Morgan fingerprint density at radius 3 is 2.96 bits per heavy atom. The molecule has 9 heteroatoms. The Morgan fingerprint density at radius 1 is 1.38 bits per heavy atom. The van der Waals surface area contributed by atoms with E-state index in [0.717, 1.165) is 22.9 Å². The Kier molecular flexibility index (Phi) is 6.37. The summed E-state index contributed by atoms with van der Waals surface area (Å²) in [6.45, 7) is 2.53. The lowest BCUT2D eigenvalue weighted by atomic mass is 10.1. The van der Waals surface area contributed by atoms with E-state index in [1.165, 1.54) is 17.7 Å². The molecule has 3 N–H and O–H groups in total. The Balaban J connectivity index is 1.53. The molecule has 3 rings (SSSR count). The lowest BCUT2D eigenvalue weighted by Crippen LogP contribution is -2.20.